The van der Waals surface area contributed by atoms with Crippen molar-refractivity contribution >= 4 is 11.4 Å². The van der Waals surface area contributed by atoms with Gasteiger partial charge in [0.25, 0.3) is 12.3 Å². The van der Waals surface area contributed by atoms with Crippen molar-refractivity contribution in [2.24, 2.45) is 0 Å². The summed E-state index contributed by atoms with van der Waals surface area (Å²) in [5.41, 5.74) is 1.30. The Labute approximate surface area is 187 Å². The maximum atomic E-state index is 13.7. The molecule has 1 atom stereocenters. The number of rotatable bonds is 4. The van der Waals surface area contributed by atoms with Crippen LogP contribution >= 0.6 is 0 Å². The number of hydrogen-bond donors (Lipinski definition) is 2. The van der Waals surface area contributed by atoms with E-state index in [4.69, 9.17) is 4.42 Å². The summed E-state index contributed by atoms with van der Waals surface area (Å²) in [7, 11) is 0. The Bertz CT molecular complexity index is 1350. The molecule has 9 nitrogen and oxygen atoms in total. The van der Waals surface area contributed by atoms with E-state index in [-0.39, 0.29) is 12.4 Å². The fourth-order valence-corrected chi connectivity index (χ4v) is 4.13. The molecule has 1 aliphatic heterocycles. The molecular formula is C22H22F2N6O3. The van der Waals surface area contributed by atoms with Gasteiger partial charge in [-0.05, 0) is 39.0 Å². The molecule has 0 aromatic carbocycles. The monoisotopic (exact) mass is 456 g/mol. The minimum atomic E-state index is -3.05. The van der Waals surface area contributed by atoms with Crippen LogP contribution in [-0.4, -0.2) is 47.0 Å². The molecule has 5 rings (SSSR count). The first-order valence-electron chi connectivity index (χ1n) is 10.4. The summed E-state index contributed by atoms with van der Waals surface area (Å²) < 4.78 is 34.6. The highest BCUT2D eigenvalue weighted by Crippen LogP contribution is 2.36. The molecule has 172 valence electrons. The summed E-state index contributed by atoms with van der Waals surface area (Å²) >= 11 is 0. The molecule has 0 unspecified atom stereocenters. The molecule has 33 heavy (non-hydrogen) atoms. The van der Waals surface area contributed by atoms with Crippen LogP contribution in [0.3, 0.4) is 0 Å². The molecule has 0 fully saturated rings. The number of aliphatic hydroxyl groups is 1. The van der Waals surface area contributed by atoms with E-state index < -0.39 is 35.4 Å². The van der Waals surface area contributed by atoms with Gasteiger partial charge in [0.15, 0.2) is 5.69 Å². The number of halogens is 2. The van der Waals surface area contributed by atoms with Gasteiger partial charge in [0.2, 0.25) is 11.7 Å². The number of amides is 1. The van der Waals surface area contributed by atoms with E-state index in [0.29, 0.717) is 17.8 Å². The number of fused-ring (bicyclic) bond motifs is 2. The lowest BCUT2D eigenvalue weighted by Crippen LogP contribution is -2.41. The molecule has 0 bridgehead atoms. The molecule has 0 saturated carbocycles. The van der Waals surface area contributed by atoms with E-state index in [1.54, 1.807) is 4.52 Å². The Kier molecular flexibility index (Phi) is 4.82. The molecule has 2 N–H and O–H groups in total. The number of H-pyrrole nitrogens is 1. The number of carbonyl (C=O) groups excluding carboxylic acids is 1. The Morgan fingerprint density at radius 3 is 2.85 bits per heavy atom. The molecule has 4 aromatic rings. The van der Waals surface area contributed by atoms with Crippen LogP contribution < -0.4 is 0 Å². The maximum Gasteiger partial charge on any atom is 0.292 e. The van der Waals surface area contributed by atoms with Gasteiger partial charge in [0.05, 0.1) is 23.2 Å². The fraction of sp³-hybridized carbons (Fsp3) is 0.364. The summed E-state index contributed by atoms with van der Waals surface area (Å²) in [6, 6.07) is 6.84. The van der Waals surface area contributed by atoms with Crippen molar-refractivity contribution in [2.45, 2.75) is 45.3 Å². The second kappa shape index (κ2) is 7.48. The summed E-state index contributed by atoms with van der Waals surface area (Å²) in [4.78, 5) is 26.2. The molecule has 0 spiro atoms. The summed E-state index contributed by atoms with van der Waals surface area (Å²) in [5.74, 6) is -1.70. The van der Waals surface area contributed by atoms with E-state index >= 15 is 0 Å². The minimum Gasteiger partial charge on any atom is -0.432 e. The Morgan fingerprint density at radius 1 is 1.36 bits per heavy atom. The fourth-order valence-electron chi connectivity index (χ4n) is 4.13. The summed E-state index contributed by atoms with van der Waals surface area (Å²) in [6.07, 6.45) is -1.05. The summed E-state index contributed by atoms with van der Waals surface area (Å²) in [6.45, 7) is 4.84. The van der Waals surface area contributed by atoms with Crippen LogP contribution in [0.2, 0.25) is 0 Å². The van der Waals surface area contributed by atoms with Crippen molar-refractivity contribution in [3.05, 3.63) is 70.7 Å². The Hall–Kier alpha value is -3.60. The van der Waals surface area contributed by atoms with Crippen molar-refractivity contribution in [1.82, 2.24) is 29.5 Å². The smallest absolute Gasteiger partial charge is 0.292 e. The van der Waals surface area contributed by atoms with E-state index in [9.17, 15) is 18.7 Å². The lowest BCUT2D eigenvalue weighted by atomic mass is 9.99. The van der Waals surface area contributed by atoms with Gasteiger partial charge < -0.3 is 19.4 Å². The summed E-state index contributed by atoms with van der Waals surface area (Å²) in [5, 5.41) is 14.9. The first-order valence-corrected chi connectivity index (χ1v) is 10.4. The predicted octanol–water partition coefficient (Wildman–Crippen LogP) is 3.31. The van der Waals surface area contributed by atoms with Gasteiger partial charge in [-0.3, -0.25) is 4.79 Å². The highest BCUT2D eigenvalue weighted by molar-refractivity contribution is 5.93. The normalized spacial score (nSPS) is 16.6. The molecule has 1 amide bonds. The van der Waals surface area contributed by atoms with Crippen LogP contribution in [0.4, 0.5) is 8.78 Å². The van der Waals surface area contributed by atoms with E-state index in [0.717, 1.165) is 16.9 Å². The van der Waals surface area contributed by atoms with Crippen molar-refractivity contribution in [3.8, 4) is 0 Å². The standard InChI is InChI=1S/C22H22F2N6O3/c1-11-5-4-6-12-9-14(28-30(11)12)17-15-13(25-10-26-15)7-8-29(17)20(31)18-16(19(23)24)27-21(33-18)22(2,3)32/h4-6,9-10,17,19,32H,7-8H2,1-3H3,(H,25,26)/t17-/m1/s1. The second-order valence-electron chi connectivity index (χ2n) is 8.58. The lowest BCUT2D eigenvalue weighted by Gasteiger charge is -2.33. The van der Waals surface area contributed by atoms with Crippen molar-refractivity contribution < 1.29 is 23.1 Å². The topological polar surface area (TPSA) is 113 Å². The number of carbonyl (C=O) groups is 1. The molecular weight excluding hydrogens is 434 g/mol. The van der Waals surface area contributed by atoms with Crippen LogP contribution in [-0.2, 0) is 12.0 Å². The third-order valence-electron chi connectivity index (χ3n) is 5.74. The number of aromatic amines is 1. The van der Waals surface area contributed by atoms with Crippen LogP contribution in [0.5, 0.6) is 0 Å². The molecule has 0 radical (unpaired) electrons. The quantitative estimate of drug-likeness (QED) is 0.487. The Balaban J connectivity index is 1.63. The molecule has 1 aliphatic rings. The first kappa shape index (κ1) is 21.3. The SMILES string of the molecule is Cc1cccc2cc([C@@H]3c4nc[nH]c4CCN3C(=O)c3oc(C(C)(C)O)nc3C(F)F)nn12. The molecule has 5 heterocycles. The highest BCUT2D eigenvalue weighted by atomic mass is 19.3. The van der Waals surface area contributed by atoms with Gasteiger partial charge in [-0.1, -0.05) is 6.07 Å². The van der Waals surface area contributed by atoms with Gasteiger partial charge in [-0.2, -0.15) is 5.10 Å². The van der Waals surface area contributed by atoms with Crippen molar-refractivity contribution in [1.29, 1.82) is 0 Å². The third kappa shape index (κ3) is 3.48. The Morgan fingerprint density at radius 2 is 2.15 bits per heavy atom. The minimum absolute atomic E-state index is 0.229. The third-order valence-corrected chi connectivity index (χ3v) is 5.74. The van der Waals surface area contributed by atoms with Gasteiger partial charge in [-0.15, -0.1) is 0 Å². The largest absolute Gasteiger partial charge is 0.432 e. The number of pyridine rings is 1. The molecule has 0 aliphatic carbocycles. The highest BCUT2D eigenvalue weighted by Gasteiger charge is 2.40. The van der Waals surface area contributed by atoms with Gasteiger partial charge in [0, 0.05) is 24.4 Å². The predicted molar refractivity (Wildman–Crippen MR) is 112 cm³/mol. The van der Waals surface area contributed by atoms with Crippen molar-refractivity contribution in [3.63, 3.8) is 0 Å². The number of nitrogens with zero attached hydrogens (tertiary/aromatic N) is 5. The zero-order chi connectivity index (χ0) is 23.5. The zero-order valence-electron chi connectivity index (χ0n) is 18.2. The van der Waals surface area contributed by atoms with Crippen LogP contribution in [0, 0.1) is 6.92 Å². The number of aryl methyl sites for hydroxylation is 1. The number of aromatic nitrogens is 5. The van der Waals surface area contributed by atoms with Crippen LogP contribution in [0.25, 0.3) is 5.52 Å². The molecule has 0 saturated heterocycles. The van der Waals surface area contributed by atoms with Gasteiger partial charge in [-0.25, -0.2) is 23.3 Å². The van der Waals surface area contributed by atoms with Crippen LogP contribution in [0.1, 0.15) is 71.2 Å². The number of imidazole rings is 1. The number of alkyl halides is 2. The lowest BCUT2D eigenvalue weighted by molar-refractivity contribution is 0.0440. The number of hydrogen-bond acceptors (Lipinski definition) is 6. The molecule has 11 heteroatoms. The van der Waals surface area contributed by atoms with Crippen LogP contribution in [0.15, 0.2) is 35.0 Å². The number of nitrogens with one attached hydrogen (secondary N) is 1. The maximum absolute atomic E-state index is 13.7. The van der Waals surface area contributed by atoms with E-state index in [2.05, 4.69) is 20.1 Å². The van der Waals surface area contributed by atoms with E-state index in [1.807, 2.05) is 31.2 Å². The van der Waals surface area contributed by atoms with Gasteiger partial charge in [0.1, 0.15) is 11.6 Å². The molecule has 4 aromatic heterocycles. The second-order valence-corrected chi connectivity index (χ2v) is 8.58. The van der Waals surface area contributed by atoms with E-state index in [1.165, 1.54) is 25.1 Å². The first-order chi connectivity index (χ1) is 15.6. The van der Waals surface area contributed by atoms with Gasteiger partial charge >= 0.3 is 0 Å². The average Bonchev–Trinajstić information content (AvgIpc) is 3.49. The number of oxazole rings is 1. The zero-order valence-corrected chi connectivity index (χ0v) is 18.2. The average molecular weight is 456 g/mol. The van der Waals surface area contributed by atoms with Crippen molar-refractivity contribution in [2.75, 3.05) is 6.54 Å².